The summed E-state index contributed by atoms with van der Waals surface area (Å²) in [5.41, 5.74) is 0. The highest BCUT2D eigenvalue weighted by Crippen LogP contribution is 2.71. The molecule has 31 heavy (non-hydrogen) atoms. The number of piperidine rings is 1. The van der Waals surface area contributed by atoms with Gasteiger partial charge in [-0.1, -0.05) is 0 Å². The fraction of sp³-hybridized carbons (Fsp3) is 0.900. The number of carbonyl (C=O) groups excluding carboxylic acids is 1. The van der Waals surface area contributed by atoms with Crippen molar-refractivity contribution in [2.24, 2.45) is 0 Å². The molecule has 0 radical (unpaired) electrons. The van der Waals surface area contributed by atoms with Crippen molar-refractivity contribution in [2.75, 3.05) is 0 Å². The highest BCUT2D eigenvalue weighted by Gasteiger charge is 3.03. The van der Waals surface area contributed by atoms with Crippen molar-refractivity contribution in [3.8, 4) is 0 Å². The molecular weight excluding hydrogens is 511 g/mol. The molecule has 0 aromatic heterocycles. The maximum Gasteiger partial charge on any atom is 0.443 e. The molecule has 0 spiro atoms. The smallest absolute Gasteiger partial charge is 0.254 e. The lowest BCUT2D eigenvalue weighted by Gasteiger charge is -2.58. The van der Waals surface area contributed by atoms with Crippen molar-refractivity contribution in [1.29, 1.82) is 0 Å². The van der Waals surface area contributed by atoms with Gasteiger partial charge in [-0.15, -0.1) is 4.90 Å². The summed E-state index contributed by atoms with van der Waals surface area (Å²) in [4.78, 5) is 4.93. The van der Waals surface area contributed by atoms with Gasteiger partial charge < -0.3 is 0 Å². The zero-order valence-electron chi connectivity index (χ0n) is 13.0. The van der Waals surface area contributed by atoms with Crippen LogP contribution in [0.4, 0.5) is 83.4 Å². The lowest BCUT2D eigenvalue weighted by molar-refractivity contribution is -0.556. The molecule has 1 aliphatic rings. The minimum Gasteiger partial charge on any atom is -0.254 e. The zero-order valence-corrected chi connectivity index (χ0v) is 13.0. The van der Waals surface area contributed by atoms with E-state index in [0.29, 0.717) is 0 Å². The van der Waals surface area contributed by atoms with Crippen molar-refractivity contribution < 1.29 is 88.2 Å². The molecule has 1 heterocycles. The SMILES string of the molecule is O=C(F)C(F)(F)C(F)(N1C(F)(F)C(F)(F)C(F)(F)C(F)(F)C1(F)C(F)(F)F)C(F)(F)F. The van der Waals surface area contributed by atoms with Gasteiger partial charge in [0.1, 0.15) is 0 Å². The Balaban J connectivity index is 4.44. The number of carbonyl (C=O) groups is 1. The Hall–Kier alpha value is -1.70. The molecule has 2 unspecified atom stereocenters. The molecule has 0 aliphatic carbocycles. The quantitative estimate of drug-likeness (QED) is 0.288. The first-order valence-corrected chi connectivity index (χ1v) is 6.47. The van der Waals surface area contributed by atoms with Crippen LogP contribution in [0.5, 0.6) is 0 Å². The van der Waals surface area contributed by atoms with E-state index < -0.39 is 64.6 Å². The minimum atomic E-state index is -8.74. The molecule has 1 rings (SSSR count). The lowest BCUT2D eigenvalue weighted by Crippen LogP contribution is -2.91. The second-order valence-corrected chi connectivity index (χ2v) is 5.69. The largest absolute Gasteiger partial charge is 0.443 e. The molecular formula is C10F19NO. The summed E-state index contributed by atoms with van der Waals surface area (Å²) in [7, 11) is 0. The van der Waals surface area contributed by atoms with Gasteiger partial charge in [0.05, 0.1) is 0 Å². The van der Waals surface area contributed by atoms with E-state index in [-0.39, 0.29) is 0 Å². The fourth-order valence-corrected chi connectivity index (χ4v) is 2.35. The van der Waals surface area contributed by atoms with Crippen LogP contribution in [0.1, 0.15) is 0 Å². The lowest BCUT2D eigenvalue weighted by atomic mass is 9.83. The van der Waals surface area contributed by atoms with Crippen LogP contribution in [0.15, 0.2) is 0 Å². The van der Waals surface area contributed by atoms with Crippen LogP contribution in [0.3, 0.4) is 0 Å². The first-order valence-electron chi connectivity index (χ1n) is 6.47. The number of alkyl halides is 18. The first-order chi connectivity index (χ1) is 13.1. The molecule has 2 nitrogen and oxygen atoms in total. The van der Waals surface area contributed by atoms with Gasteiger partial charge in [0.15, 0.2) is 0 Å². The standard InChI is InChI=1S/C10F19NO/c11-1(31)2(12,13)6(20,8(22,23)24)30-7(21,9(25,26)27)4(16,17)3(14,15)5(18,19)10(30,28)29. The van der Waals surface area contributed by atoms with Gasteiger partial charge >= 0.3 is 59.7 Å². The van der Waals surface area contributed by atoms with Gasteiger partial charge in [0, 0.05) is 0 Å². The van der Waals surface area contributed by atoms with Crippen LogP contribution < -0.4 is 0 Å². The van der Waals surface area contributed by atoms with Gasteiger partial charge in [-0.2, -0.15) is 74.6 Å². The van der Waals surface area contributed by atoms with E-state index in [1.165, 1.54) is 0 Å². The summed E-state index contributed by atoms with van der Waals surface area (Å²) in [6.45, 7) is 0. The maximum atomic E-state index is 14.1. The third kappa shape index (κ3) is 2.69. The third-order valence-electron chi connectivity index (χ3n) is 3.89. The monoisotopic (exact) mass is 511 g/mol. The van der Waals surface area contributed by atoms with E-state index in [1.54, 1.807) is 0 Å². The van der Waals surface area contributed by atoms with Crippen molar-refractivity contribution in [3.05, 3.63) is 0 Å². The Labute approximate surface area is 154 Å². The summed E-state index contributed by atoms with van der Waals surface area (Å²) < 4.78 is 250. The molecule has 0 aromatic rings. The number of halogens is 19. The Morgan fingerprint density at radius 1 is 0.613 bits per heavy atom. The molecule has 0 amide bonds. The van der Waals surface area contributed by atoms with Crippen LogP contribution in [0.25, 0.3) is 0 Å². The zero-order chi connectivity index (χ0) is 25.7. The van der Waals surface area contributed by atoms with E-state index in [1.807, 2.05) is 0 Å². The molecule has 1 fully saturated rings. The van der Waals surface area contributed by atoms with Gasteiger partial charge in [0.2, 0.25) is 0 Å². The summed E-state index contributed by atoms with van der Waals surface area (Å²) in [6, 6.07) is -13.8. The van der Waals surface area contributed by atoms with Crippen LogP contribution in [-0.4, -0.2) is 64.6 Å². The van der Waals surface area contributed by atoms with E-state index in [4.69, 9.17) is 0 Å². The van der Waals surface area contributed by atoms with E-state index >= 15 is 0 Å². The highest BCUT2D eigenvalue weighted by molar-refractivity contribution is 5.78. The normalized spacial score (nSPS) is 30.5. The molecule has 0 N–H and O–H groups in total. The maximum absolute atomic E-state index is 14.1. The van der Waals surface area contributed by atoms with Gasteiger partial charge in [-0.25, -0.2) is 8.78 Å². The second kappa shape index (κ2) is 6.21. The molecule has 2 atom stereocenters. The topological polar surface area (TPSA) is 20.3 Å². The Kier molecular flexibility index (Phi) is 5.47. The van der Waals surface area contributed by atoms with Gasteiger partial charge in [-0.05, 0) is 0 Å². The molecule has 184 valence electrons. The van der Waals surface area contributed by atoms with E-state index in [0.717, 1.165) is 0 Å². The van der Waals surface area contributed by atoms with Gasteiger partial charge in [-0.3, -0.25) is 4.79 Å². The first kappa shape index (κ1) is 27.3. The second-order valence-electron chi connectivity index (χ2n) is 5.69. The molecule has 0 aromatic carbocycles. The molecule has 1 saturated heterocycles. The predicted molar refractivity (Wildman–Crippen MR) is 52.5 cm³/mol. The molecule has 1 aliphatic heterocycles. The van der Waals surface area contributed by atoms with Gasteiger partial charge in [0.25, 0.3) is 0 Å². The fourth-order valence-electron chi connectivity index (χ4n) is 2.35. The minimum absolute atomic E-state index is 5.04. The highest BCUT2D eigenvalue weighted by atomic mass is 19.4. The van der Waals surface area contributed by atoms with Crippen molar-refractivity contribution in [3.63, 3.8) is 0 Å². The van der Waals surface area contributed by atoms with E-state index in [9.17, 15) is 88.2 Å². The Bertz CT molecular complexity index is 750. The van der Waals surface area contributed by atoms with E-state index in [2.05, 4.69) is 0 Å². The average molecular weight is 511 g/mol. The molecule has 0 bridgehead atoms. The predicted octanol–water partition coefficient (Wildman–Crippen LogP) is 5.39. The van der Waals surface area contributed by atoms with Crippen LogP contribution in [0, 0.1) is 0 Å². The average Bonchev–Trinajstić information content (AvgIpc) is 2.50. The van der Waals surface area contributed by atoms with Crippen LogP contribution in [-0.2, 0) is 4.79 Å². The third-order valence-corrected chi connectivity index (χ3v) is 3.89. The van der Waals surface area contributed by atoms with Crippen molar-refractivity contribution >= 4 is 6.04 Å². The van der Waals surface area contributed by atoms with Crippen LogP contribution >= 0.6 is 0 Å². The number of hydrogen-bond donors (Lipinski definition) is 0. The summed E-state index contributed by atoms with van der Waals surface area (Å²) in [6.07, 6.45) is -16.8. The molecule has 21 heteroatoms. The Morgan fingerprint density at radius 2 is 0.968 bits per heavy atom. The number of nitrogens with zero attached hydrogens (tertiary/aromatic N) is 1. The summed E-state index contributed by atoms with van der Waals surface area (Å²) in [5.74, 6) is -50.9. The number of hydrogen-bond acceptors (Lipinski definition) is 2. The molecule has 0 saturated carbocycles. The van der Waals surface area contributed by atoms with Crippen molar-refractivity contribution in [1.82, 2.24) is 4.90 Å². The van der Waals surface area contributed by atoms with Crippen LogP contribution in [0.2, 0.25) is 0 Å². The summed E-state index contributed by atoms with van der Waals surface area (Å²) >= 11 is 0. The Morgan fingerprint density at radius 3 is 1.23 bits per heavy atom. The summed E-state index contributed by atoms with van der Waals surface area (Å²) in [5, 5.41) is 0. The number of likely N-dealkylation sites (tertiary alicyclic amines) is 1. The van der Waals surface area contributed by atoms with Crippen molar-refractivity contribution in [2.45, 2.75) is 53.7 Å². The number of rotatable bonds is 3.